The highest BCUT2D eigenvalue weighted by Crippen LogP contribution is 2.22. The van der Waals surface area contributed by atoms with E-state index in [1.54, 1.807) is 19.9 Å². The van der Waals surface area contributed by atoms with Crippen LogP contribution in [0.4, 0.5) is 0 Å². The summed E-state index contributed by atoms with van der Waals surface area (Å²) in [4.78, 5) is 11.6. The van der Waals surface area contributed by atoms with E-state index in [4.69, 9.17) is 0 Å². The van der Waals surface area contributed by atoms with Crippen molar-refractivity contribution in [2.75, 3.05) is 7.11 Å². The van der Waals surface area contributed by atoms with Crippen LogP contribution in [0.5, 0.6) is 0 Å². The van der Waals surface area contributed by atoms with E-state index in [0.29, 0.717) is 28.9 Å². The van der Waals surface area contributed by atoms with Gasteiger partial charge in [-0.05, 0) is 50.8 Å². The number of aryl methyl sites for hydroxylation is 3. The average molecular weight is 351 g/mol. The summed E-state index contributed by atoms with van der Waals surface area (Å²) in [6.45, 7) is 8.97. The zero-order valence-electron chi connectivity index (χ0n) is 14.7. The highest BCUT2D eigenvalue weighted by molar-refractivity contribution is 7.89. The second-order valence-corrected chi connectivity index (χ2v) is 7.46. The zero-order chi connectivity index (χ0) is 18.3. The first-order valence-electron chi connectivity index (χ1n) is 7.72. The molecule has 0 aliphatic rings. The lowest BCUT2D eigenvalue weighted by atomic mass is 10.1. The standard InChI is InChI=1S/C18H25NO4S/c1-6-7-8-16(9-10-17(20)23-5)19-24(21,22)18-14(3)11-13(2)12-15(18)4/h7,11-12,16,19H,1,8-10H2,2-5H3/t16-/m1/s1. The molecule has 0 heterocycles. The highest BCUT2D eigenvalue weighted by Gasteiger charge is 2.24. The van der Waals surface area contributed by atoms with Crippen LogP contribution in [0.1, 0.15) is 36.0 Å². The van der Waals surface area contributed by atoms with E-state index >= 15 is 0 Å². The van der Waals surface area contributed by atoms with E-state index in [9.17, 15) is 13.2 Å². The largest absolute Gasteiger partial charge is 0.469 e. The van der Waals surface area contributed by atoms with Crippen molar-refractivity contribution >= 4 is 16.0 Å². The summed E-state index contributed by atoms with van der Waals surface area (Å²) in [6.07, 6.45) is 2.54. The molecule has 0 spiro atoms. The molecule has 0 aliphatic carbocycles. The number of methoxy groups -OCH3 is 1. The summed E-state index contributed by atoms with van der Waals surface area (Å²) in [7, 11) is -2.38. The minimum Gasteiger partial charge on any atom is -0.469 e. The molecule has 1 atom stereocenters. The molecule has 1 aromatic carbocycles. The monoisotopic (exact) mass is 351 g/mol. The van der Waals surface area contributed by atoms with Gasteiger partial charge in [0.2, 0.25) is 10.0 Å². The van der Waals surface area contributed by atoms with Crippen LogP contribution < -0.4 is 4.72 Å². The fourth-order valence-electron chi connectivity index (χ4n) is 2.71. The van der Waals surface area contributed by atoms with Gasteiger partial charge >= 0.3 is 5.97 Å². The molecule has 0 radical (unpaired) electrons. The van der Waals surface area contributed by atoms with Gasteiger partial charge in [0.05, 0.1) is 12.0 Å². The lowest BCUT2D eigenvalue weighted by Crippen LogP contribution is -2.35. The summed E-state index contributed by atoms with van der Waals surface area (Å²) in [5.74, 6) is -0.371. The van der Waals surface area contributed by atoms with Crippen molar-refractivity contribution in [3.05, 3.63) is 47.2 Å². The molecule has 1 rings (SSSR count). The van der Waals surface area contributed by atoms with E-state index in [1.807, 2.05) is 19.1 Å². The van der Waals surface area contributed by atoms with E-state index in [2.05, 4.69) is 21.8 Å². The first kappa shape index (κ1) is 20.2. The van der Waals surface area contributed by atoms with Gasteiger partial charge in [0.25, 0.3) is 0 Å². The SMILES string of the molecule is C=C=CC[C@H](CCC(=O)OC)NS(=O)(=O)c1c(C)cc(C)cc1C. The molecular weight excluding hydrogens is 326 g/mol. The molecule has 0 unspecified atom stereocenters. The molecule has 0 fully saturated rings. The Bertz CT molecular complexity index is 723. The molecule has 0 amide bonds. The Morgan fingerprint density at radius 1 is 1.33 bits per heavy atom. The molecule has 1 N–H and O–H groups in total. The van der Waals surface area contributed by atoms with Crippen LogP contribution in [0.2, 0.25) is 0 Å². The number of carbonyl (C=O) groups excluding carboxylic acids is 1. The number of rotatable bonds is 8. The molecule has 0 bridgehead atoms. The third-order valence-electron chi connectivity index (χ3n) is 3.67. The van der Waals surface area contributed by atoms with Crippen LogP contribution in [-0.4, -0.2) is 27.5 Å². The average Bonchev–Trinajstić information content (AvgIpc) is 2.47. The van der Waals surface area contributed by atoms with Gasteiger partial charge in [-0.3, -0.25) is 4.79 Å². The number of sulfonamides is 1. The van der Waals surface area contributed by atoms with Crippen LogP contribution in [0.15, 0.2) is 35.4 Å². The van der Waals surface area contributed by atoms with Gasteiger partial charge in [-0.15, -0.1) is 5.73 Å². The Labute approximate surface area is 144 Å². The number of hydrogen-bond donors (Lipinski definition) is 1. The molecule has 132 valence electrons. The van der Waals surface area contributed by atoms with E-state index < -0.39 is 16.1 Å². The summed E-state index contributed by atoms with van der Waals surface area (Å²) in [5.41, 5.74) is 5.04. The van der Waals surface area contributed by atoms with Crippen LogP contribution in [0.25, 0.3) is 0 Å². The fourth-order valence-corrected chi connectivity index (χ4v) is 4.45. The van der Waals surface area contributed by atoms with Crippen molar-refractivity contribution in [1.82, 2.24) is 4.72 Å². The second kappa shape index (κ2) is 8.83. The lowest BCUT2D eigenvalue weighted by molar-refractivity contribution is -0.140. The predicted octanol–water partition coefficient (Wildman–Crippen LogP) is 2.94. The Morgan fingerprint density at radius 2 is 1.92 bits per heavy atom. The van der Waals surface area contributed by atoms with Gasteiger partial charge in [0.15, 0.2) is 0 Å². The van der Waals surface area contributed by atoms with Gasteiger partial charge in [0.1, 0.15) is 0 Å². The fraction of sp³-hybridized carbons (Fsp3) is 0.444. The maximum absolute atomic E-state index is 12.8. The van der Waals surface area contributed by atoms with Crippen molar-refractivity contribution in [3.63, 3.8) is 0 Å². The van der Waals surface area contributed by atoms with Crippen molar-refractivity contribution in [2.24, 2.45) is 0 Å². The van der Waals surface area contributed by atoms with Crippen molar-refractivity contribution < 1.29 is 17.9 Å². The van der Waals surface area contributed by atoms with Gasteiger partial charge < -0.3 is 4.74 Å². The van der Waals surface area contributed by atoms with Gasteiger partial charge in [0, 0.05) is 12.5 Å². The third kappa shape index (κ3) is 5.64. The van der Waals surface area contributed by atoms with Gasteiger partial charge in [-0.2, -0.15) is 0 Å². The minimum atomic E-state index is -3.69. The Kier molecular flexibility index (Phi) is 7.42. The number of esters is 1. The Hall–Kier alpha value is -1.88. The van der Waals surface area contributed by atoms with Gasteiger partial charge in [-0.1, -0.05) is 24.3 Å². The Morgan fingerprint density at radius 3 is 2.42 bits per heavy atom. The summed E-state index contributed by atoms with van der Waals surface area (Å²) < 4.78 is 32.9. The molecule has 6 heteroatoms. The number of nitrogens with one attached hydrogen (secondary N) is 1. The number of hydrogen-bond acceptors (Lipinski definition) is 4. The quantitative estimate of drug-likeness (QED) is 0.577. The van der Waals surface area contributed by atoms with E-state index in [0.717, 1.165) is 5.56 Å². The smallest absolute Gasteiger partial charge is 0.305 e. The van der Waals surface area contributed by atoms with Crippen LogP contribution in [0, 0.1) is 20.8 Å². The molecule has 24 heavy (non-hydrogen) atoms. The molecule has 5 nitrogen and oxygen atoms in total. The second-order valence-electron chi connectivity index (χ2n) is 5.80. The lowest BCUT2D eigenvalue weighted by Gasteiger charge is -2.19. The van der Waals surface area contributed by atoms with Crippen molar-refractivity contribution in [2.45, 2.75) is 51.0 Å². The summed E-state index contributed by atoms with van der Waals surface area (Å²) in [5, 5.41) is 0. The van der Waals surface area contributed by atoms with Gasteiger partial charge in [-0.25, -0.2) is 13.1 Å². The molecule has 0 aromatic heterocycles. The molecule has 1 aromatic rings. The number of benzene rings is 1. The summed E-state index contributed by atoms with van der Waals surface area (Å²) in [6, 6.07) is 3.26. The van der Waals surface area contributed by atoms with E-state index in [1.165, 1.54) is 7.11 Å². The molecule has 0 aliphatic heterocycles. The molecule has 0 saturated heterocycles. The summed E-state index contributed by atoms with van der Waals surface area (Å²) >= 11 is 0. The van der Waals surface area contributed by atoms with Crippen LogP contribution >= 0.6 is 0 Å². The van der Waals surface area contributed by atoms with Crippen LogP contribution in [-0.2, 0) is 19.6 Å². The highest BCUT2D eigenvalue weighted by atomic mass is 32.2. The van der Waals surface area contributed by atoms with Crippen molar-refractivity contribution in [1.29, 1.82) is 0 Å². The number of carbonyl (C=O) groups is 1. The maximum Gasteiger partial charge on any atom is 0.305 e. The predicted molar refractivity (Wildman–Crippen MR) is 94.3 cm³/mol. The minimum absolute atomic E-state index is 0.139. The maximum atomic E-state index is 12.8. The molecular formula is C18H25NO4S. The Balaban J connectivity index is 3.06. The third-order valence-corrected chi connectivity index (χ3v) is 5.49. The zero-order valence-corrected chi connectivity index (χ0v) is 15.5. The van der Waals surface area contributed by atoms with Crippen molar-refractivity contribution in [3.8, 4) is 0 Å². The number of ether oxygens (including phenoxy) is 1. The first-order valence-corrected chi connectivity index (χ1v) is 9.21. The first-order chi connectivity index (χ1) is 11.2. The van der Waals surface area contributed by atoms with Crippen LogP contribution in [0.3, 0.4) is 0 Å². The topological polar surface area (TPSA) is 72.5 Å². The molecule has 0 saturated carbocycles. The van der Waals surface area contributed by atoms with E-state index in [-0.39, 0.29) is 12.4 Å². The normalized spacial score (nSPS) is 12.3.